The van der Waals surface area contributed by atoms with Gasteiger partial charge in [0.25, 0.3) is 0 Å². The predicted molar refractivity (Wildman–Crippen MR) is 79.3 cm³/mol. The lowest BCUT2D eigenvalue weighted by Crippen LogP contribution is -2.41. The maximum atomic E-state index is 11.5. The third-order valence-corrected chi connectivity index (χ3v) is 3.10. The van der Waals surface area contributed by atoms with Gasteiger partial charge < -0.3 is 15.7 Å². The van der Waals surface area contributed by atoms with E-state index in [1.165, 1.54) is 0 Å². The summed E-state index contributed by atoms with van der Waals surface area (Å²) in [4.78, 5) is 22.1. The minimum atomic E-state index is -0.764. The van der Waals surface area contributed by atoms with Crippen LogP contribution in [0.2, 0.25) is 0 Å². The van der Waals surface area contributed by atoms with E-state index in [0.717, 1.165) is 19.3 Å². The van der Waals surface area contributed by atoms with Crippen molar-refractivity contribution in [3.05, 3.63) is 0 Å². The molecule has 114 valence electrons. The Hall–Kier alpha value is -1.70. The molecule has 0 saturated carbocycles. The van der Waals surface area contributed by atoms with Crippen LogP contribution in [-0.2, 0) is 4.79 Å². The van der Waals surface area contributed by atoms with E-state index in [-0.39, 0.29) is 18.5 Å². The Balaban J connectivity index is 3.89. The van der Waals surface area contributed by atoms with E-state index in [9.17, 15) is 9.59 Å². The number of amides is 2. The third kappa shape index (κ3) is 10.2. The molecule has 0 aliphatic rings. The summed E-state index contributed by atoms with van der Waals surface area (Å²) in [6, 6.07) is -0.264. The van der Waals surface area contributed by atoms with E-state index in [0.29, 0.717) is 25.3 Å². The first kappa shape index (κ1) is 18.3. The van der Waals surface area contributed by atoms with E-state index in [1.54, 1.807) is 0 Å². The molecule has 0 aromatic carbocycles. The highest BCUT2D eigenvalue weighted by Gasteiger charge is 2.11. The highest BCUT2D eigenvalue weighted by Crippen LogP contribution is 2.17. The van der Waals surface area contributed by atoms with Crippen LogP contribution < -0.4 is 10.6 Å². The Bertz CT molecular complexity index is 337. The Morgan fingerprint density at radius 3 is 2.55 bits per heavy atom. The Morgan fingerprint density at radius 2 is 2.00 bits per heavy atom. The summed E-state index contributed by atoms with van der Waals surface area (Å²) in [5.41, 5.74) is 0. The van der Waals surface area contributed by atoms with Gasteiger partial charge in [-0.2, -0.15) is 0 Å². The van der Waals surface area contributed by atoms with Crippen molar-refractivity contribution >= 4 is 12.0 Å². The second-order valence-corrected chi connectivity index (χ2v) is 5.09. The van der Waals surface area contributed by atoms with Crippen molar-refractivity contribution in [3.63, 3.8) is 0 Å². The molecule has 0 bridgehead atoms. The first-order chi connectivity index (χ1) is 9.49. The molecular weight excluding hydrogens is 256 g/mol. The van der Waals surface area contributed by atoms with Crippen molar-refractivity contribution in [2.75, 3.05) is 6.54 Å². The smallest absolute Gasteiger partial charge is 0.315 e. The first-order valence-electron chi connectivity index (χ1n) is 7.19. The molecule has 0 radical (unpaired) electrons. The number of carbonyl (C=O) groups is 2. The Kier molecular flexibility index (Phi) is 10.2. The molecule has 0 heterocycles. The molecular formula is C15H26N2O3. The summed E-state index contributed by atoms with van der Waals surface area (Å²) in [7, 11) is 0. The highest BCUT2D eigenvalue weighted by molar-refractivity contribution is 5.74. The fourth-order valence-corrected chi connectivity index (χ4v) is 2.06. The number of aliphatic carboxylic acids is 1. The third-order valence-electron chi connectivity index (χ3n) is 3.10. The minimum Gasteiger partial charge on any atom is -0.481 e. The summed E-state index contributed by atoms with van der Waals surface area (Å²) in [6.45, 7) is 4.49. The molecule has 2 atom stereocenters. The fraction of sp³-hybridized carbons (Fsp3) is 0.733. The van der Waals surface area contributed by atoms with Crippen molar-refractivity contribution in [1.82, 2.24) is 10.6 Å². The van der Waals surface area contributed by atoms with Crippen LogP contribution >= 0.6 is 0 Å². The van der Waals surface area contributed by atoms with E-state index >= 15 is 0 Å². The van der Waals surface area contributed by atoms with Crippen molar-refractivity contribution in [2.45, 2.75) is 58.4 Å². The number of nitrogens with one attached hydrogen (secondary N) is 2. The minimum absolute atomic E-state index is 0.0431. The largest absolute Gasteiger partial charge is 0.481 e. The van der Waals surface area contributed by atoms with Gasteiger partial charge in [0, 0.05) is 25.4 Å². The lowest BCUT2D eigenvalue weighted by Gasteiger charge is -2.16. The maximum absolute atomic E-state index is 11.5. The quantitative estimate of drug-likeness (QED) is 0.538. The van der Waals surface area contributed by atoms with Gasteiger partial charge in [0.2, 0.25) is 0 Å². The Morgan fingerprint density at radius 1 is 1.30 bits per heavy atom. The highest BCUT2D eigenvalue weighted by atomic mass is 16.4. The van der Waals surface area contributed by atoms with Gasteiger partial charge >= 0.3 is 12.0 Å². The van der Waals surface area contributed by atoms with Gasteiger partial charge in [0.1, 0.15) is 0 Å². The molecule has 0 aromatic rings. The van der Waals surface area contributed by atoms with Gasteiger partial charge in [0.15, 0.2) is 0 Å². The molecule has 5 heteroatoms. The average molecular weight is 282 g/mol. The van der Waals surface area contributed by atoms with Crippen LogP contribution in [-0.4, -0.2) is 29.7 Å². The maximum Gasteiger partial charge on any atom is 0.315 e. The molecule has 0 spiro atoms. The first-order valence-corrected chi connectivity index (χ1v) is 7.19. The summed E-state index contributed by atoms with van der Waals surface area (Å²) in [5.74, 6) is 2.08. The predicted octanol–water partition coefficient (Wildman–Crippen LogP) is 2.37. The number of urea groups is 1. The molecule has 2 unspecified atom stereocenters. The zero-order chi connectivity index (χ0) is 15.4. The van der Waals surface area contributed by atoms with Crippen molar-refractivity contribution in [1.29, 1.82) is 0 Å². The van der Waals surface area contributed by atoms with E-state index < -0.39 is 5.97 Å². The van der Waals surface area contributed by atoms with Crippen molar-refractivity contribution in [2.24, 2.45) is 5.92 Å². The molecule has 0 aliphatic heterocycles. The van der Waals surface area contributed by atoms with Crippen LogP contribution in [0.3, 0.4) is 0 Å². The van der Waals surface area contributed by atoms with Crippen molar-refractivity contribution in [3.8, 4) is 12.3 Å². The fourth-order valence-electron chi connectivity index (χ4n) is 2.06. The molecule has 0 saturated heterocycles. The zero-order valence-electron chi connectivity index (χ0n) is 12.4. The number of hydrogen-bond acceptors (Lipinski definition) is 2. The number of rotatable bonds is 10. The number of hydrogen-bond donors (Lipinski definition) is 3. The lowest BCUT2D eigenvalue weighted by molar-refractivity contribution is -0.137. The number of carboxylic acids is 1. The zero-order valence-corrected chi connectivity index (χ0v) is 12.4. The molecule has 5 nitrogen and oxygen atoms in total. The number of carbonyl (C=O) groups excluding carboxylic acids is 1. The monoisotopic (exact) mass is 282 g/mol. The summed E-state index contributed by atoms with van der Waals surface area (Å²) >= 11 is 0. The molecule has 3 N–H and O–H groups in total. The number of terminal acetylenes is 1. The van der Waals surface area contributed by atoms with Crippen LogP contribution in [0.15, 0.2) is 0 Å². The van der Waals surface area contributed by atoms with Gasteiger partial charge in [-0.15, -0.1) is 12.3 Å². The summed E-state index contributed by atoms with van der Waals surface area (Å²) < 4.78 is 0. The second-order valence-electron chi connectivity index (χ2n) is 5.09. The molecule has 0 fully saturated rings. The lowest BCUT2D eigenvalue weighted by atomic mass is 9.94. The van der Waals surface area contributed by atoms with Gasteiger partial charge in [-0.05, 0) is 25.7 Å². The van der Waals surface area contributed by atoms with E-state index in [1.807, 2.05) is 6.92 Å². The van der Waals surface area contributed by atoms with Crippen LogP contribution in [0, 0.1) is 18.3 Å². The van der Waals surface area contributed by atoms with Gasteiger partial charge in [0.05, 0.1) is 0 Å². The van der Waals surface area contributed by atoms with Crippen LogP contribution in [0.4, 0.5) is 4.79 Å². The Labute approximate surface area is 121 Å². The SMILES string of the molecule is C#CCC(C)NC(=O)NCCC(CCC)CCC(=O)O. The van der Waals surface area contributed by atoms with Crippen LogP contribution in [0.1, 0.15) is 52.4 Å². The molecule has 0 rings (SSSR count). The molecule has 2 amide bonds. The normalized spacial score (nSPS) is 13.1. The second kappa shape index (κ2) is 11.2. The van der Waals surface area contributed by atoms with E-state index in [4.69, 9.17) is 11.5 Å². The number of carboxylic acid groups (broad SMARTS) is 1. The average Bonchev–Trinajstić information content (AvgIpc) is 2.35. The van der Waals surface area contributed by atoms with Crippen molar-refractivity contribution < 1.29 is 14.7 Å². The molecule has 20 heavy (non-hydrogen) atoms. The van der Waals surface area contributed by atoms with Crippen LogP contribution in [0.5, 0.6) is 0 Å². The standard InChI is InChI=1S/C15H26N2O3/c1-4-6-12(3)17-15(20)16-11-10-13(7-5-2)8-9-14(18)19/h1,12-13H,5-11H2,2-3H3,(H,18,19)(H2,16,17,20). The topological polar surface area (TPSA) is 78.4 Å². The summed E-state index contributed by atoms with van der Waals surface area (Å²) in [6.07, 6.45) is 9.35. The summed E-state index contributed by atoms with van der Waals surface area (Å²) in [5, 5.41) is 14.2. The molecule has 0 aromatic heterocycles. The van der Waals surface area contributed by atoms with E-state index in [2.05, 4.69) is 23.5 Å². The molecule has 0 aliphatic carbocycles. The van der Waals surface area contributed by atoms with Gasteiger partial charge in [-0.25, -0.2) is 4.79 Å². The van der Waals surface area contributed by atoms with Gasteiger partial charge in [-0.1, -0.05) is 19.8 Å². The van der Waals surface area contributed by atoms with Crippen LogP contribution in [0.25, 0.3) is 0 Å². The van der Waals surface area contributed by atoms with Gasteiger partial charge in [-0.3, -0.25) is 4.79 Å².